The molecule has 3 rings (SSSR count). The van der Waals surface area contributed by atoms with Crippen LogP contribution < -0.4 is 5.73 Å². The summed E-state index contributed by atoms with van der Waals surface area (Å²) in [6.45, 7) is 0.531. The maximum absolute atomic E-state index is 6.36. The van der Waals surface area contributed by atoms with Crippen molar-refractivity contribution in [2.24, 2.45) is 23.5 Å². The molecule has 1 aromatic rings. The highest BCUT2D eigenvalue weighted by atomic mass is 16.5. The minimum Gasteiger partial charge on any atom is -0.462 e. The molecule has 3 heteroatoms. The zero-order chi connectivity index (χ0) is 11.8. The van der Waals surface area contributed by atoms with E-state index in [-0.39, 0.29) is 6.04 Å². The van der Waals surface area contributed by atoms with Crippen molar-refractivity contribution < 1.29 is 9.15 Å². The van der Waals surface area contributed by atoms with Gasteiger partial charge in [-0.15, -0.1) is 0 Å². The lowest BCUT2D eigenvalue weighted by Gasteiger charge is -2.26. The molecule has 0 amide bonds. The molecule has 94 valence electrons. The molecule has 1 heterocycles. The standard InChI is InChI=1S/C14H21NO2/c1-16-8-11-4-5-13(17-11)14(15)12-7-9-2-3-10(12)6-9/h4-5,9-10,12,14H,2-3,6-8,15H2,1H3. The molecule has 3 nitrogen and oxygen atoms in total. The number of rotatable bonds is 4. The normalized spacial score (nSPS) is 33.2. The summed E-state index contributed by atoms with van der Waals surface area (Å²) in [7, 11) is 1.68. The van der Waals surface area contributed by atoms with Crippen LogP contribution in [0, 0.1) is 17.8 Å². The van der Waals surface area contributed by atoms with Gasteiger partial charge in [-0.2, -0.15) is 0 Å². The summed E-state index contributed by atoms with van der Waals surface area (Å²) in [6, 6.07) is 4.08. The maximum Gasteiger partial charge on any atom is 0.129 e. The van der Waals surface area contributed by atoms with E-state index in [4.69, 9.17) is 14.9 Å². The number of furan rings is 1. The number of methoxy groups -OCH3 is 1. The molecule has 17 heavy (non-hydrogen) atoms. The Morgan fingerprint density at radius 2 is 2.29 bits per heavy atom. The van der Waals surface area contributed by atoms with Gasteiger partial charge in [0, 0.05) is 7.11 Å². The number of ether oxygens (including phenoxy) is 1. The van der Waals surface area contributed by atoms with E-state index >= 15 is 0 Å². The molecule has 0 radical (unpaired) electrons. The first-order valence-corrected chi connectivity index (χ1v) is 6.61. The zero-order valence-electron chi connectivity index (χ0n) is 10.4. The summed E-state index contributed by atoms with van der Waals surface area (Å²) in [6.07, 6.45) is 5.48. The van der Waals surface area contributed by atoms with Gasteiger partial charge in [-0.3, -0.25) is 0 Å². The van der Waals surface area contributed by atoms with Crippen LogP contribution in [0.1, 0.15) is 43.2 Å². The van der Waals surface area contributed by atoms with Gasteiger partial charge in [0.1, 0.15) is 18.1 Å². The lowest BCUT2D eigenvalue weighted by Crippen LogP contribution is -2.25. The zero-order valence-corrected chi connectivity index (χ0v) is 10.4. The van der Waals surface area contributed by atoms with Gasteiger partial charge in [0.05, 0.1) is 6.04 Å². The summed E-state index contributed by atoms with van der Waals surface area (Å²) in [4.78, 5) is 0. The van der Waals surface area contributed by atoms with Crippen molar-refractivity contribution in [2.45, 2.75) is 38.3 Å². The fourth-order valence-corrected chi connectivity index (χ4v) is 3.74. The molecular weight excluding hydrogens is 214 g/mol. The second-order valence-electron chi connectivity index (χ2n) is 5.60. The summed E-state index contributed by atoms with van der Waals surface area (Å²) >= 11 is 0. The second-order valence-corrected chi connectivity index (χ2v) is 5.60. The Bertz CT molecular complexity index is 387. The molecule has 4 unspecified atom stereocenters. The van der Waals surface area contributed by atoms with Crippen LogP contribution in [0.4, 0.5) is 0 Å². The SMILES string of the molecule is COCc1ccc(C(N)C2CC3CCC2C3)o1. The molecule has 1 aromatic heterocycles. The van der Waals surface area contributed by atoms with Crippen LogP contribution in [0.5, 0.6) is 0 Å². The Morgan fingerprint density at radius 1 is 1.41 bits per heavy atom. The fraction of sp³-hybridized carbons (Fsp3) is 0.714. The van der Waals surface area contributed by atoms with E-state index in [0.29, 0.717) is 12.5 Å². The first-order valence-electron chi connectivity index (χ1n) is 6.61. The topological polar surface area (TPSA) is 48.4 Å². The minimum absolute atomic E-state index is 0.0795. The average molecular weight is 235 g/mol. The lowest BCUT2D eigenvalue weighted by atomic mass is 9.83. The minimum atomic E-state index is 0.0795. The molecule has 2 fully saturated rings. The molecule has 2 aliphatic rings. The van der Waals surface area contributed by atoms with Gasteiger partial charge in [0.25, 0.3) is 0 Å². The number of nitrogens with two attached hydrogens (primary N) is 1. The molecule has 0 spiro atoms. The van der Waals surface area contributed by atoms with E-state index in [1.54, 1.807) is 7.11 Å². The maximum atomic E-state index is 6.36. The smallest absolute Gasteiger partial charge is 0.129 e. The van der Waals surface area contributed by atoms with Gasteiger partial charge in [-0.25, -0.2) is 0 Å². The van der Waals surface area contributed by atoms with Crippen LogP contribution in [-0.2, 0) is 11.3 Å². The highest BCUT2D eigenvalue weighted by Gasteiger charge is 2.43. The number of hydrogen-bond donors (Lipinski definition) is 1. The molecular formula is C14H21NO2. The van der Waals surface area contributed by atoms with E-state index < -0.39 is 0 Å². The van der Waals surface area contributed by atoms with Crippen LogP contribution in [0.15, 0.2) is 16.5 Å². The summed E-state index contributed by atoms with van der Waals surface area (Å²) in [5.41, 5.74) is 6.36. The largest absolute Gasteiger partial charge is 0.462 e. The third-order valence-corrected chi connectivity index (χ3v) is 4.55. The third-order valence-electron chi connectivity index (χ3n) is 4.55. The van der Waals surface area contributed by atoms with E-state index in [2.05, 4.69) is 0 Å². The van der Waals surface area contributed by atoms with Crippen molar-refractivity contribution in [1.29, 1.82) is 0 Å². The molecule has 2 aliphatic carbocycles. The van der Waals surface area contributed by atoms with Crippen molar-refractivity contribution in [2.75, 3.05) is 7.11 Å². The van der Waals surface area contributed by atoms with Gasteiger partial charge in [-0.05, 0) is 49.1 Å². The monoisotopic (exact) mass is 235 g/mol. The van der Waals surface area contributed by atoms with Crippen LogP contribution in [0.2, 0.25) is 0 Å². The summed E-state index contributed by atoms with van der Waals surface area (Å²) in [5.74, 6) is 4.22. The lowest BCUT2D eigenvalue weighted by molar-refractivity contribution is 0.159. The van der Waals surface area contributed by atoms with Crippen molar-refractivity contribution >= 4 is 0 Å². The summed E-state index contributed by atoms with van der Waals surface area (Å²) < 4.78 is 10.8. The van der Waals surface area contributed by atoms with Crippen molar-refractivity contribution in [3.8, 4) is 0 Å². The Kier molecular flexibility index (Phi) is 2.97. The van der Waals surface area contributed by atoms with Gasteiger partial charge < -0.3 is 14.9 Å². The van der Waals surface area contributed by atoms with Gasteiger partial charge in [-0.1, -0.05) is 6.42 Å². The number of fused-ring (bicyclic) bond motifs is 2. The van der Waals surface area contributed by atoms with Crippen molar-refractivity contribution in [1.82, 2.24) is 0 Å². The van der Waals surface area contributed by atoms with Crippen LogP contribution in [0.3, 0.4) is 0 Å². The Morgan fingerprint density at radius 3 is 2.94 bits per heavy atom. The third kappa shape index (κ3) is 2.02. The predicted molar refractivity (Wildman–Crippen MR) is 65.3 cm³/mol. The van der Waals surface area contributed by atoms with Gasteiger partial charge >= 0.3 is 0 Å². The van der Waals surface area contributed by atoms with Crippen molar-refractivity contribution in [3.05, 3.63) is 23.7 Å². The Balaban J connectivity index is 1.70. The fourth-order valence-electron chi connectivity index (χ4n) is 3.74. The van der Waals surface area contributed by atoms with E-state index in [9.17, 15) is 0 Å². The Labute approximate surface area is 102 Å². The highest BCUT2D eigenvalue weighted by Crippen LogP contribution is 2.52. The van der Waals surface area contributed by atoms with E-state index in [1.165, 1.54) is 25.7 Å². The van der Waals surface area contributed by atoms with Gasteiger partial charge in [0.15, 0.2) is 0 Å². The summed E-state index contributed by atoms with van der Waals surface area (Å²) in [5, 5.41) is 0. The first kappa shape index (κ1) is 11.3. The second kappa shape index (κ2) is 4.46. The average Bonchev–Trinajstić information content (AvgIpc) is 3.03. The number of hydrogen-bond acceptors (Lipinski definition) is 3. The molecule has 2 bridgehead atoms. The molecule has 4 atom stereocenters. The quantitative estimate of drug-likeness (QED) is 0.873. The molecule has 0 saturated heterocycles. The van der Waals surface area contributed by atoms with E-state index in [0.717, 1.165) is 23.4 Å². The molecule has 2 saturated carbocycles. The Hall–Kier alpha value is -0.800. The van der Waals surface area contributed by atoms with Crippen LogP contribution in [0.25, 0.3) is 0 Å². The highest BCUT2D eigenvalue weighted by molar-refractivity contribution is 5.12. The molecule has 0 aromatic carbocycles. The van der Waals surface area contributed by atoms with Crippen LogP contribution in [-0.4, -0.2) is 7.11 Å². The van der Waals surface area contributed by atoms with E-state index in [1.807, 2.05) is 12.1 Å². The predicted octanol–water partition coefficient (Wildman–Crippen LogP) is 2.86. The van der Waals surface area contributed by atoms with Crippen LogP contribution >= 0.6 is 0 Å². The van der Waals surface area contributed by atoms with Gasteiger partial charge in [0.2, 0.25) is 0 Å². The molecule has 2 N–H and O–H groups in total. The van der Waals surface area contributed by atoms with Crippen molar-refractivity contribution in [3.63, 3.8) is 0 Å². The molecule has 0 aliphatic heterocycles. The first-order chi connectivity index (χ1) is 8.28.